The first-order valence-corrected chi connectivity index (χ1v) is 9.72. The molecule has 8 heteroatoms. The van der Waals surface area contributed by atoms with Gasteiger partial charge in [-0.05, 0) is 46.6 Å². The molecule has 0 bridgehead atoms. The van der Waals surface area contributed by atoms with E-state index in [0.29, 0.717) is 13.8 Å². The molecule has 0 N–H and O–H groups in total. The standard InChI is InChI=1S/C13H12BrCl2NO2S2/c1-8(9-4-3-5-10(15)6-9)17(2)21(18,19)12-7-11(16)13(14)20-12/h3-8H,1-2H3. The van der Waals surface area contributed by atoms with Crippen molar-refractivity contribution in [1.82, 2.24) is 4.31 Å². The Labute approximate surface area is 146 Å². The number of rotatable bonds is 4. The minimum Gasteiger partial charge on any atom is -0.206 e. The summed E-state index contributed by atoms with van der Waals surface area (Å²) in [7, 11) is -2.06. The van der Waals surface area contributed by atoms with Crippen LogP contribution in [0.1, 0.15) is 18.5 Å². The molecule has 0 aliphatic heterocycles. The second-order valence-electron chi connectivity index (χ2n) is 4.44. The maximum absolute atomic E-state index is 12.6. The zero-order chi connectivity index (χ0) is 15.8. The number of thiophene rings is 1. The fourth-order valence-corrected chi connectivity index (χ4v) is 5.91. The zero-order valence-corrected chi connectivity index (χ0v) is 15.9. The quantitative estimate of drug-likeness (QED) is 0.670. The predicted octanol–water partition coefficient (Wildman–Crippen LogP) is 5.20. The van der Waals surface area contributed by atoms with Gasteiger partial charge >= 0.3 is 0 Å². The van der Waals surface area contributed by atoms with E-state index in [9.17, 15) is 8.42 Å². The first-order chi connectivity index (χ1) is 9.73. The van der Waals surface area contributed by atoms with E-state index >= 15 is 0 Å². The maximum Gasteiger partial charge on any atom is 0.252 e. The van der Waals surface area contributed by atoms with Crippen LogP contribution in [-0.2, 0) is 10.0 Å². The summed E-state index contributed by atoms with van der Waals surface area (Å²) in [6.45, 7) is 1.81. The Kier molecular flexibility index (Phi) is 5.39. The minimum absolute atomic E-state index is 0.204. The van der Waals surface area contributed by atoms with Crippen LogP contribution in [-0.4, -0.2) is 19.8 Å². The van der Waals surface area contributed by atoms with Gasteiger partial charge in [-0.25, -0.2) is 8.42 Å². The molecular weight excluding hydrogens is 417 g/mol. The monoisotopic (exact) mass is 427 g/mol. The Hall–Kier alpha value is -0.110. The van der Waals surface area contributed by atoms with Crippen molar-refractivity contribution >= 4 is 60.5 Å². The lowest BCUT2D eigenvalue weighted by molar-refractivity contribution is 0.399. The molecule has 1 atom stereocenters. The van der Waals surface area contributed by atoms with Crippen molar-refractivity contribution in [2.45, 2.75) is 17.2 Å². The van der Waals surface area contributed by atoms with E-state index in [0.717, 1.165) is 16.9 Å². The molecule has 0 aliphatic carbocycles. The molecule has 0 saturated heterocycles. The second-order valence-corrected chi connectivity index (χ2v) is 9.88. The summed E-state index contributed by atoms with van der Waals surface area (Å²) in [4.78, 5) is 0. The van der Waals surface area contributed by atoms with Crippen molar-refractivity contribution in [3.05, 3.63) is 49.7 Å². The molecule has 0 aliphatic rings. The lowest BCUT2D eigenvalue weighted by atomic mass is 10.1. The van der Waals surface area contributed by atoms with Gasteiger partial charge in [0.25, 0.3) is 10.0 Å². The van der Waals surface area contributed by atoms with E-state index < -0.39 is 10.0 Å². The Morgan fingerprint density at radius 3 is 2.48 bits per heavy atom. The van der Waals surface area contributed by atoms with Gasteiger partial charge in [0.2, 0.25) is 0 Å². The molecule has 0 saturated carbocycles. The third kappa shape index (κ3) is 3.63. The Morgan fingerprint density at radius 2 is 1.95 bits per heavy atom. The Morgan fingerprint density at radius 1 is 1.29 bits per heavy atom. The summed E-state index contributed by atoms with van der Waals surface area (Å²) in [5.74, 6) is 0. The van der Waals surface area contributed by atoms with Crippen LogP contribution in [0.2, 0.25) is 10.0 Å². The van der Waals surface area contributed by atoms with Crippen molar-refractivity contribution in [2.24, 2.45) is 0 Å². The van der Waals surface area contributed by atoms with Gasteiger partial charge in [0.15, 0.2) is 0 Å². The van der Waals surface area contributed by atoms with Crippen molar-refractivity contribution in [3.63, 3.8) is 0 Å². The van der Waals surface area contributed by atoms with Gasteiger partial charge < -0.3 is 0 Å². The van der Waals surface area contributed by atoms with E-state index in [1.54, 1.807) is 25.2 Å². The van der Waals surface area contributed by atoms with Crippen LogP contribution >= 0.6 is 50.5 Å². The van der Waals surface area contributed by atoms with Crippen LogP contribution in [0.25, 0.3) is 0 Å². The smallest absolute Gasteiger partial charge is 0.206 e. The van der Waals surface area contributed by atoms with Crippen LogP contribution in [0, 0.1) is 0 Å². The van der Waals surface area contributed by atoms with Crippen LogP contribution in [0.15, 0.2) is 38.3 Å². The molecule has 0 fully saturated rings. The van der Waals surface area contributed by atoms with Gasteiger partial charge in [0.1, 0.15) is 4.21 Å². The number of hydrogen-bond acceptors (Lipinski definition) is 3. The summed E-state index contributed by atoms with van der Waals surface area (Å²) in [6.07, 6.45) is 0. The topological polar surface area (TPSA) is 37.4 Å². The van der Waals surface area contributed by atoms with E-state index in [1.807, 2.05) is 13.0 Å². The molecule has 2 rings (SSSR count). The molecule has 0 spiro atoms. The molecule has 1 aromatic carbocycles. The molecule has 21 heavy (non-hydrogen) atoms. The van der Waals surface area contributed by atoms with Gasteiger partial charge in [-0.2, -0.15) is 4.31 Å². The van der Waals surface area contributed by atoms with Gasteiger partial charge in [0, 0.05) is 18.1 Å². The summed E-state index contributed by atoms with van der Waals surface area (Å²) < 4.78 is 27.4. The van der Waals surface area contributed by atoms with Gasteiger partial charge in [-0.1, -0.05) is 35.3 Å². The highest BCUT2D eigenvalue weighted by atomic mass is 79.9. The average Bonchev–Trinajstić information content (AvgIpc) is 2.77. The number of halogens is 3. The fourth-order valence-electron chi connectivity index (χ4n) is 1.78. The van der Waals surface area contributed by atoms with Crippen molar-refractivity contribution in [2.75, 3.05) is 7.05 Å². The highest BCUT2D eigenvalue weighted by molar-refractivity contribution is 9.11. The van der Waals surface area contributed by atoms with Crippen molar-refractivity contribution in [3.8, 4) is 0 Å². The average molecular weight is 429 g/mol. The minimum atomic E-state index is -3.61. The largest absolute Gasteiger partial charge is 0.252 e. The van der Waals surface area contributed by atoms with E-state index in [1.165, 1.54) is 10.4 Å². The van der Waals surface area contributed by atoms with Gasteiger partial charge in [0.05, 0.1) is 8.81 Å². The third-order valence-electron chi connectivity index (χ3n) is 3.13. The molecule has 0 amide bonds. The Bertz CT molecular complexity index is 742. The maximum atomic E-state index is 12.6. The second kappa shape index (κ2) is 6.56. The lowest BCUT2D eigenvalue weighted by Crippen LogP contribution is -2.29. The molecule has 2 aromatic rings. The van der Waals surface area contributed by atoms with Crippen molar-refractivity contribution < 1.29 is 8.42 Å². The SMILES string of the molecule is CC(c1cccc(Cl)c1)N(C)S(=O)(=O)c1cc(Cl)c(Br)s1. The molecule has 1 aromatic heterocycles. The van der Waals surface area contributed by atoms with Gasteiger partial charge in [-0.15, -0.1) is 11.3 Å². The fraction of sp³-hybridized carbons (Fsp3) is 0.231. The summed E-state index contributed by atoms with van der Waals surface area (Å²) in [5, 5.41) is 0.967. The lowest BCUT2D eigenvalue weighted by Gasteiger charge is -2.24. The highest BCUT2D eigenvalue weighted by Crippen LogP contribution is 2.37. The number of nitrogens with zero attached hydrogens (tertiary/aromatic N) is 1. The van der Waals surface area contributed by atoms with Crippen LogP contribution in [0.4, 0.5) is 0 Å². The molecule has 114 valence electrons. The first kappa shape index (κ1) is 17.2. The summed E-state index contributed by atoms with van der Waals surface area (Å²) in [6, 6.07) is 8.27. The summed E-state index contributed by atoms with van der Waals surface area (Å²) >= 11 is 16.2. The molecule has 0 radical (unpaired) electrons. The van der Waals surface area contributed by atoms with E-state index in [4.69, 9.17) is 23.2 Å². The molecule has 3 nitrogen and oxygen atoms in total. The first-order valence-electron chi connectivity index (χ1n) is 5.92. The van der Waals surface area contributed by atoms with Gasteiger partial charge in [-0.3, -0.25) is 0 Å². The van der Waals surface area contributed by atoms with Crippen molar-refractivity contribution in [1.29, 1.82) is 0 Å². The van der Waals surface area contributed by atoms with Crippen LogP contribution < -0.4 is 0 Å². The summed E-state index contributed by atoms with van der Waals surface area (Å²) in [5.41, 5.74) is 0.829. The predicted molar refractivity (Wildman–Crippen MR) is 91.8 cm³/mol. The van der Waals surface area contributed by atoms with E-state index in [2.05, 4.69) is 15.9 Å². The normalized spacial score (nSPS) is 13.6. The van der Waals surface area contributed by atoms with E-state index in [-0.39, 0.29) is 10.3 Å². The number of benzene rings is 1. The van der Waals surface area contributed by atoms with Crippen LogP contribution in [0.5, 0.6) is 0 Å². The number of sulfonamides is 1. The molecule has 1 heterocycles. The highest BCUT2D eigenvalue weighted by Gasteiger charge is 2.28. The van der Waals surface area contributed by atoms with Crippen LogP contribution in [0.3, 0.4) is 0 Å². The third-order valence-corrected chi connectivity index (χ3v) is 8.22. The Balaban J connectivity index is 2.36. The molecular formula is C13H12BrCl2NO2S2. The zero-order valence-electron chi connectivity index (χ0n) is 11.2. The number of hydrogen-bond donors (Lipinski definition) is 0. The molecule has 1 unspecified atom stereocenters.